The minimum Gasteiger partial charge on any atom is -0.117 e. The Kier molecular flexibility index (Phi) is 3.81. The van der Waals surface area contributed by atoms with Crippen LogP contribution in [0.2, 0.25) is 5.02 Å². The molecule has 0 N–H and O–H groups in total. The van der Waals surface area contributed by atoms with E-state index in [0.717, 1.165) is 24.3 Å². The van der Waals surface area contributed by atoms with Crippen LogP contribution in [-0.4, -0.2) is 0 Å². The number of aryl methyl sites for hydroxylation is 1. The highest BCUT2D eigenvalue weighted by Crippen LogP contribution is 2.40. The first-order valence-corrected chi connectivity index (χ1v) is 7.52. The Morgan fingerprint density at radius 3 is 2.53 bits per heavy atom. The molecule has 0 saturated carbocycles. The third-order valence-electron chi connectivity index (χ3n) is 3.96. The number of fused-ring (bicyclic) bond motifs is 1. The minimum atomic E-state index is 0.126. The van der Waals surface area contributed by atoms with E-state index in [1.54, 1.807) is 0 Å². The Bertz CT molecular complexity index is 560. The van der Waals surface area contributed by atoms with Crippen LogP contribution in [0.25, 0.3) is 0 Å². The van der Waals surface area contributed by atoms with Crippen molar-refractivity contribution in [1.29, 1.82) is 0 Å². The molecule has 0 radical (unpaired) electrons. The van der Waals surface area contributed by atoms with E-state index < -0.39 is 0 Å². The van der Waals surface area contributed by atoms with Crippen molar-refractivity contribution < 1.29 is 0 Å². The van der Waals surface area contributed by atoms with Gasteiger partial charge < -0.3 is 0 Å². The van der Waals surface area contributed by atoms with E-state index in [1.165, 1.54) is 16.7 Å². The first-order valence-electron chi connectivity index (χ1n) is 6.70. The van der Waals surface area contributed by atoms with Crippen LogP contribution >= 0.6 is 23.2 Å². The van der Waals surface area contributed by atoms with Crippen LogP contribution < -0.4 is 0 Å². The fourth-order valence-electron chi connectivity index (χ4n) is 2.90. The SMILES string of the molecule is Clc1ccc(CC2CCc3ccccc3C2Cl)cc1. The zero-order valence-corrected chi connectivity index (χ0v) is 12.2. The van der Waals surface area contributed by atoms with Gasteiger partial charge in [0, 0.05) is 5.02 Å². The van der Waals surface area contributed by atoms with E-state index in [1.807, 2.05) is 12.1 Å². The van der Waals surface area contributed by atoms with E-state index in [0.29, 0.717) is 5.92 Å². The molecule has 2 aromatic rings. The Hall–Kier alpha value is -0.980. The summed E-state index contributed by atoms with van der Waals surface area (Å²) in [5, 5.41) is 0.917. The summed E-state index contributed by atoms with van der Waals surface area (Å²) >= 11 is 12.6. The predicted molar refractivity (Wildman–Crippen MR) is 82.0 cm³/mol. The average molecular weight is 291 g/mol. The van der Waals surface area contributed by atoms with Gasteiger partial charge in [0.1, 0.15) is 0 Å². The minimum absolute atomic E-state index is 0.126. The van der Waals surface area contributed by atoms with Gasteiger partial charge in [0.2, 0.25) is 0 Å². The van der Waals surface area contributed by atoms with Crippen LogP contribution in [0.15, 0.2) is 48.5 Å². The smallest absolute Gasteiger partial charge is 0.0619 e. The highest BCUT2D eigenvalue weighted by atomic mass is 35.5. The second-order valence-corrected chi connectivity index (χ2v) is 6.14. The van der Waals surface area contributed by atoms with Gasteiger partial charge in [-0.3, -0.25) is 0 Å². The molecule has 1 aliphatic rings. The molecule has 0 spiro atoms. The molecule has 98 valence electrons. The Labute approximate surface area is 124 Å². The van der Waals surface area contributed by atoms with Crippen molar-refractivity contribution in [2.45, 2.75) is 24.6 Å². The maximum atomic E-state index is 6.67. The molecule has 0 aromatic heterocycles. The molecular formula is C17H16Cl2. The largest absolute Gasteiger partial charge is 0.117 e. The molecule has 0 amide bonds. The van der Waals surface area contributed by atoms with Crippen LogP contribution in [0.5, 0.6) is 0 Å². The number of alkyl halides is 1. The molecule has 2 atom stereocenters. The summed E-state index contributed by atoms with van der Waals surface area (Å²) in [4.78, 5) is 0. The molecular weight excluding hydrogens is 275 g/mol. The lowest BCUT2D eigenvalue weighted by Crippen LogP contribution is -2.19. The molecule has 0 nitrogen and oxygen atoms in total. The summed E-state index contributed by atoms with van der Waals surface area (Å²) in [6, 6.07) is 16.7. The van der Waals surface area contributed by atoms with Gasteiger partial charge in [-0.05, 0) is 54.0 Å². The molecule has 0 aliphatic heterocycles. The highest BCUT2D eigenvalue weighted by Gasteiger charge is 2.27. The van der Waals surface area contributed by atoms with E-state index in [-0.39, 0.29) is 5.38 Å². The van der Waals surface area contributed by atoms with Crippen molar-refractivity contribution in [1.82, 2.24) is 0 Å². The van der Waals surface area contributed by atoms with Crippen molar-refractivity contribution in [3.63, 3.8) is 0 Å². The molecule has 0 bridgehead atoms. The Morgan fingerprint density at radius 2 is 1.74 bits per heavy atom. The Morgan fingerprint density at radius 1 is 1.00 bits per heavy atom. The van der Waals surface area contributed by atoms with Gasteiger partial charge >= 0.3 is 0 Å². The maximum absolute atomic E-state index is 6.67. The van der Waals surface area contributed by atoms with Crippen LogP contribution in [0, 0.1) is 5.92 Å². The standard InChI is InChI=1S/C17H16Cl2/c18-15-9-5-12(6-10-15)11-14-8-7-13-3-1-2-4-16(13)17(14)19/h1-6,9-10,14,17H,7-8,11H2. The van der Waals surface area contributed by atoms with E-state index >= 15 is 0 Å². The molecule has 0 heterocycles. The van der Waals surface area contributed by atoms with Crippen molar-refractivity contribution in [3.8, 4) is 0 Å². The Balaban J connectivity index is 1.79. The number of benzene rings is 2. The quantitative estimate of drug-likeness (QED) is 0.648. The van der Waals surface area contributed by atoms with Crippen LogP contribution in [0.1, 0.15) is 28.5 Å². The number of halogens is 2. The second kappa shape index (κ2) is 5.56. The van der Waals surface area contributed by atoms with Gasteiger partial charge in [-0.1, -0.05) is 48.0 Å². The third kappa shape index (κ3) is 2.80. The van der Waals surface area contributed by atoms with Crippen molar-refractivity contribution in [2.24, 2.45) is 5.92 Å². The average Bonchev–Trinajstić information content (AvgIpc) is 2.45. The first-order chi connectivity index (χ1) is 9.24. The van der Waals surface area contributed by atoms with Gasteiger partial charge in [0.15, 0.2) is 0 Å². The molecule has 2 aromatic carbocycles. The van der Waals surface area contributed by atoms with Crippen molar-refractivity contribution in [3.05, 3.63) is 70.2 Å². The number of rotatable bonds is 2. The normalized spacial score (nSPS) is 22.0. The first kappa shape index (κ1) is 13.0. The predicted octanol–water partition coefficient (Wildman–Crippen LogP) is 5.43. The molecule has 0 fully saturated rings. The van der Waals surface area contributed by atoms with E-state index in [9.17, 15) is 0 Å². The number of hydrogen-bond acceptors (Lipinski definition) is 0. The molecule has 19 heavy (non-hydrogen) atoms. The second-order valence-electron chi connectivity index (χ2n) is 5.23. The van der Waals surface area contributed by atoms with Gasteiger partial charge in [0.25, 0.3) is 0 Å². The van der Waals surface area contributed by atoms with Gasteiger partial charge in [-0.25, -0.2) is 0 Å². The molecule has 1 aliphatic carbocycles. The van der Waals surface area contributed by atoms with Crippen LogP contribution in [0.4, 0.5) is 0 Å². The molecule has 2 heteroatoms. The number of hydrogen-bond donors (Lipinski definition) is 0. The van der Waals surface area contributed by atoms with Gasteiger partial charge in [-0.15, -0.1) is 11.6 Å². The monoisotopic (exact) mass is 290 g/mol. The van der Waals surface area contributed by atoms with Crippen molar-refractivity contribution in [2.75, 3.05) is 0 Å². The van der Waals surface area contributed by atoms with E-state index in [4.69, 9.17) is 23.2 Å². The lowest BCUT2D eigenvalue weighted by atomic mass is 9.80. The summed E-state index contributed by atoms with van der Waals surface area (Å²) in [6.45, 7) is 0. The zero-order chi connectivity index (χ0) is 13.2. The third-order valence-corrected chi connectivity index (χ3v) is 4.81. The summed E-state index contributed by atoms with van der Waals surface area (Å²) in [5.41, 5.74) is 4.05. The molecule has 0 saturated heterocycles. The van der Waals surface area contributed by atoms with Crippen LogP contribution in [0.3, 0.4) is 0 Å². The maximum Gasteiger partial charge on any atom is 0.0619 e. The topological polar surface area (TPSA) is 0 Å². The van der Waals surface area contributed by atoms with E-state index in [2.05, 4.69) is 36.4 Å². The van der Waals surface area contributed by atoms with Gasteiger partial charge in [-0.2, -0.15) is 0 Å². The lowest BCUT2D eigenvalue weighted by molar-refractivity contribution is 0.442. The fourth-order valence-corrected chi connectivity index (χ4v) is 3.45. The summed E-state index contributed by atoms with van der Waals surface area (Å²) < 4.78 is 0. The summed E-state index contributed by atoms with van der Waals surface area (Å²) in [7, 11) is 0. The highest BCUT2D eigenvalue weighted by molar-refractivity contribution is 6.30. The molecule has 2 unspecified atom stereocenters. The van der Waals surface area contributed by atoms with Crippen molar-refractivity contribution >= 4 is 23.2 Å². The fraction of sp³-hybridized carbons (Fsp3) is 0.294. The summed E-state index contributed by atoms with van der Waals surface area (Å²) in [5.74, 6) is 0.512. The zero-order valence-electron chi connectivity index (χ0n) is 10.7. The molecule has 3 rings (SSSR count). The van der Waals surface area contributed by atoms with Crippen LogP contribution in [-0.2, 0) is 12.8 Å². The summed E-state index contributed by atoms with van der Waals surface area (Å²) in [6.07, 6.45) is 3.32. The van der Waals surface area contributed by atoms with Gasteiger partial charge in [0.05, 0.1) is 5.38 Å². The lowest BCUT2D eigenvalue weighted by Gasteiger charge is -2.29.